The van der Waals surface area contributed by atoms with Gasteiger partial charge in [-0.05, 0) is 24.6 Å². The van der Waals surface area contributed by atoms with Gasteiger partial charge in [0.1, 0.15) is 10.8 Å². The molecule has 0 bridgehead atoms. The molecule has 0 aromatic heterocycles. The van der Waals surface area contributed by atoms with E-state index in [1.807, 2.05) is 37.3 Å². The molecule has 0 aliphatic heterocycles. The van der Waals surface area contributed by atoms with Crippen LogP contribution in [0.5, 0.6) is 0 Å². The van der Waals surface area contributed by atoms with E-state index in [0.29, 0.717) is 10.5 Å². The lowest BCUT2D eigenvalue weighted by molar-refractivity contribution is 0.193. The van der Waals surface area contributed by atoms with E-state index in [-0.39, 0.29) is 0 Å². The Labute approximate surface area is 120 Å². The van der Waals surface area contributed by atoms with E-state index in [1.165, 1.54) is 0 Å². The molecule has 1 N–H and O–H groups in total. The summed E-state index contributed by atoms with van der Waals surface area (Å²) in [5.74, 6) is 0. The van der Waals surface area contributed by atoms with Gasteiger partial charge < -0.3 is 5.11 Å². The van der Waals surface area contributed by atoms with Gasteiger partial charge in [0.05, 0.1) is 10.8 Å². The summed E-state index contributed by atoms with van der Waals surface area (Å²) in [6, 6.07) is 16.3. The lowest BCUT2D eigenvalue weighted by atomic mass is 10.1. The van der Waals surface area contributed by atoms with E-state index in [9.17, 15) is 9.32 Å². The number of halogens is 1. The fourth-order valence-corrected chi connectivity index (χ4v) is 3.23. The number of aryl methyl sites for hydroxylation is 1. The second kappa shape index (κ2) is 6.33. The Balaban J connectivity index is 2.17. The molecule has 100 valence electrons. The predicted octanol–water partition coefficient (Wildman–Crippen LogP) is 3.40. The van der Waals surface area contributed by atoms with Crippen molar-refractivity contribution in [1.29, 1.82) is 0 Å². The smallest absolute Gasteiger partial charge is 0.143 e. The number of rotatable bonds is 4. The van der Waals surface area contributed by atoms with Gasteiger partial charge in [0.2, 0.25) is 0 Å². The van der Waals surface area contributed by atoms with Crippen LogP contribution in [-0.2, 0) is 10.8 Å². The van der Waals surface area contributed by atoms with Crippen LogP contribution in [-0.4, -0.2) is 14.0 Å². The monoisotopic (exact) mass is 294 g/mol. The molecule has 0 amide bonds. The summed E-state index contributed by atoms with van der Waals surface area (Å²) in [4.78, 5) is 0.626. The Morgan fingerprint density at radius 2 is 1.63 bits per heavy atom. The van der Waals surface area contributed by atoms with Crippen molar-refractivity contribution >= 4 is 22.4 Å². The Morgan fingerprint density at radius 3 is 2.21 bits per heavy atom. The maximum absolute atomic E-state index is 12.3. The number of alkyl halides is 1. The number of hydrogen-bond donors (Lipinski definition) is 1. The molecule has 0 aliphatic carbocycles. The molecule has 19 heavy (non-hydrogen) atoms. The number of hydrogen-bond acceptors (Lipinski definition) is 2. The first kappa shape index (κ1) is 14.3. The molecule has 3 atom stereocenters. The summed E-state index contributed by atoms with van der Waals surface area (Å²) in [6.45, 7) is 1.96. The van der Waals surface area contributed by atoms with Gasteiger partial charge in [-0.2, -0.15) is 0 Å². The normalized spacial score (nSPS) is 15.7. The molecule has 0 aliphatic rings. The molecule has 2 nitrogen and oxygen atoms in total. The SMILES string of the molecule is Cc1ccc([S@@](=O)[C@H](Cl)[C@H](O)c2ccccc2)cc1. The Morgan fingerprint density at radius 1 is 1.05 bits per heavy atom. The minimum Gasteiger partial charge on any atom is -0.386 e. The highest BCUT2D eigenvalue weighted by molar-refractivity contribution is 7.87. The molecule has 2 aromatic rings. The average molecular weight is 295 g/mol. The zero-order valence-electron chi connectivity index (χ0n) is 10.5. The maximum atomic E-state index is 12.3. The van der Waals surface area contributed by atoms with Crippen molar-refractivity contribution < 1.29 is 9.32 Å². The van der Waals surface area contributed by atoms with Crippen molar-refractivity contribution in [2.24, 2.45) is 0 Å². The van der Waals surface area contributed by atoms with Gasteiger partial charge in [0, 0.05) is 4.90 Å². The van der Waals surface area contributed by atoms with Crippen LogP contribution in [0.25, 0.3) is 0 Å². The fourth-order valence-electron chi connectivity index (χ4n) is 1.72. The van der Waals surface area contributed by atoms with Gasteiger partial charge >= 0.3 is 0 Å². The van der Waals surface area contributed by atoms with Gasteiger partial charge in [-0.1, -0.05) is 48.0 Å². The third-order valence-electron chi connectivity index (χ3n) is 2.85. The van der Waals surface area contributed by atoms with Gasteiger partial charge in [-0.3, -0.25) is 4.21 Å². The van der Waals surface area contributed by atoms with E-state index in [0.717, 1.165) is 5.56 Å². The Bertz CT molecular complexity index is 554. The number of benzene rings is 2. The first-order valence-electron chi connectivity index (χ1n) is 5.94. The molecular formula is C15H15ClO2S. The van der Waals surface area contributed by atoms with Gasteiger partial charge in [-0.15, -0.1) is 11.6 Å². The lowest BCUT2D eigenvalue weighted by Gasteiger charge is -2.17. The second-order valence-electron chi connectivity index (χ2n) is 4.32. The zero-order valence-corrected chi connectivity index (χ0v) is 12.1. The quantitative estimate of drug-likeness (QED) is 0.878. The summed E-state index contributed by atoms with van der Waals surface area (Å²) < 4.78 is 11.4. The molecule has 0 saturated carbocycles. The van der Waals surface area contributed by atoms with E-state index in [4.69, 9.17) is 11.6 Å². The zero-order chi connectivity index (χ0) is 13.8. The predicted molar refractivity (Wildman–Crippen MR) is 78.6 cm³/mol. The van der Waals surface area contributed by atoms with Gasteiger partial charge in [0.25, 0.3) is 0 Å². The highest BCUT2D eigenvalue weighted by atomic mass is 35.5. The highest BCUT2D eigenvalue weighted by Crippen LogP contribution is 2.27. The van der Waals surface area contributed by atoms with Crippen LogP contribution in [0.3, 0.4) is 0 Å². The minimum absolute atomic E-state index is 0.626. The van der Waals surface area contributed by atoms with Crippen LogP contribution < -0.4 is 0 Å². The summed E-state index contributed by atoms with van der Waals surface area (Å²) in [6.07, 6.45) is -0.954. The summed E-state index contributed by atoms with van der Waals surface area (Å²) in [5.41, 5.74) is 1.76. The van der Waals surface area contributed by atoms with Crippen LogP contribution in [0.1, 0.15) is 17.2 Å². The van der Waals surface area contributed by atoms with Crippen molar-refractivity contribution in [2.75, 3.05) is 0 Å². The summed E-state index contributed by atoms with van der Waals surface area (Å²) in [5, 5.41) is 10.2. The van der Waals surface area contributed by atoms with E-state index < -0.39 is 21.6 Å². The molecule has 0 spiro atoms. The topological polar surface area (TPSA) is 37.3 Å². The van der Waals surface area contributed by atoms with Crippen molar-refractivity contribution in [3.63, 3.8) is 0 Å². The molecule has 2 rings (SSSR count). The average Bonchev–Trinajstić information content (AvgIpc) is 2.46. The standard InChI is InChI=1S/C15H15ClO2S/c1-11-7-9-13(10-8-11)19(18)15(16)14(17)12-5-3-2-4-6-12/h2-10,14-15,17H,1H3/t14-,15+,19-/m1/s1. The van der Waals surface area contributed by atoms with Crippen molar-refractivity contribution in [3.05, 3.63) is 65.7 Å². The Hall–Kier alpha value is -1.16. The van der Waals surface area contributed by atoms with Crippen LogP contribution in [0, 0.1) is 6.92 Å². The molecule has 0 saturated heterocycles. The first-order valence-corrected chi connectivity index (χ1v) is 7.59. The van der Waals surface area contributed by atoms with Crippen molar-refractivity contribution in [1.82, 2.24) is 0 Å². The molecule has 0 heterocycles. The number of aliphatic hydroxyl groups is 1. The summed E-state index contributed by atoms with van der Waals surface area (Å²) >= 11 is 6.14. The van der Waals surface area contributed by atoms with Crippen LogP contribution in [0.2, 0.25) is 0 Å². The minimum atomic E-state index is -1.45. The van der Waals surface area contributed by atoms with Crippen LogP contribution in [0.15, 0.2) is 59.5 Å². The Kier molecular flexibility index (Phi) is 4.75. The largest absolute Gasteiger partial charge is 0.386 e. The van der Waals surface area contributed by atoms with Gasteiger partial charge in [0.15, 0.2) is 0 Å². The molecule has 0 fully saturated rings. The van der Waals surface area contributed by atoms with E-state index >= 15 is 0 Å². The fraction of sp³-hybridized carbons (Fsp3) is 0.200. The van der Waals surface area contributed by atoms with Gasteiger partial charge in [-0.25, -0.2) is 0 Å². The van der Waals surface area contributed by atoms with E-state index in [2.05, 4.69) is 0 Å². The summed E-state index contributed by atoms with van der Waals surface area (Å²) in [7, 11) is -1.45. The van der Waals surface area contributed by atoms with Crippen molar-refractivity contribution in [2.45, 2.75) is 22.6 Å². The molecular weight excluding hydrogens is 280 g/mol. The molecule has 4 heteroatoms. The maximum Gasteiger partial charge on any atom is 0.143 e. The molecule has 0 unspecified atom stereocenters. The second-order valence-corrected chi connectivity index (χ2v) is 6.62. The molecule has 2 aromatic carbocycles. The lowest BCUT2D eigenvalue weighted by Crippen LogP contribution is -2.18. The first-order chi connectivity index (χ1) is 9.09. The van der Waals surface area contributed by atoms with Crippen LogP contribution in [0.4, 0.5) is 0 Å². The van der Waals surface area contributed by atoms with Crippen molar-refractivity contribution in [3.8, 4) is 0 Å². The van der Waals surface area contributed by atoms with E-state index in [1.54, 1.807) is 24.3 Å². The third-order valence-corrected chi connectivity index (χ3v) is 4.97. The molecule has 0 radical (unpaired) electrons. The number of aliphatic hydroxyl groups excluding tert-OH is 1. The third kappa shape index (κ3) is 3.44. The highest BCUT2D eigenvalue weighted by Gasteiger charge is 2.25. The van der Waals surface area contributed by atoms with Crippen LogP contribution >= 0.6 is 11.6 Å².